The zero-order chi connectivity index (χ0) is 21.6. The van der Waals surface area contributed by atoms with Crippen molar-refractivity contribution in [3.8, 4) is 0 Å². The molecule has 0 unspecified atom stereocenters. The summed E-state index contributed by atoms with van der Waals surface area (Å²) < 4.78 is 0. The van der Waals surface area contributed by atoms with Gasteiger partial charge in [-0.25, -0.2) is 0 Å². The Morgan fingerprint density at radius 3 is 2.39 bits per heavy atom. The van der Waals surface area contributed by atoms with Crippen molar-refractivity contribution in [3.05, 3.63) is 0 Å². The molecule has 31 heavy (non-hydrogen) atoms. The van der Waals surface area contributed by atoms with E-state index >= 15 is 0 Å². The van der Waals surface area contributed by atoms with Gasteiger partial charge in [0.05, 0.1) is 12.0 Å². The molecule has 0 bridgehead atoms. The molecule has 5 fully saturated rings. The van der Waals surface area contributed by atoms with E-state index in [9.17, 15) is 9.59 Å². The third-order valence-corrected chi connectivity index (χ3v) is 9.17. The summed E-state index contributed by atoms with van der Waals surface area (Å²) in [7, 11) is 4.39. The number of fused-ring (bicyclic) bond motifs is 1. The monoisotopic (exact) mass is 431 g/mol. The first-order valence-electron chi connectivity index (χ1n) is 12.7. The Balaban J connectivity index is 1.19. The molecule has 2 atom stereocenters. The number of likely N-dealkylation sites (N-methyl/N-ethyl adjacent to an activating group) is 1. The van der Waals surface area contributed by atoms with Crippen molar-refractivity contribution >= 4 is 11.8 Å². The number of rotatable bonds is 4. The van der Waals surface area contributed by atoms with Crippen molar-refractivity contribution in [1.82, 2.24) is 24.9 Å². The van der Waals surface area contributed by atoms with Gasteiger partial charge in [0.2, 0.25) is 11.8 Å². The van der Waals surface area contributed by atoms with Crippen LogP contribution in [0.15, 0.2) is 0 Å². The second-order valence-corrected chi connectivity index (χ2v) is 11.2. The molecule has 0 aromatic rings. The van der Waals surface area contributed by atoms with E-state index in [0.717, 1.165) is 51.4 Å². The summed E-state index contributed by atoms with van der Waals surface area (Å²) in [5.41, 5.74) is -0.316. The van der Waals surface area contributed by atoms with E-state index in [1.54, 1.807) is 0 Å². The van der Waals surface area contributed by atoms with Gasteiger partial charge in [-0.1, -0.05) is 6.42 Å². The van der Waals surface area contributed by atoms with Crippen LogP contribution in [0.3, 0.4) is 0 Å². The predicted molar refractivity (Wildman–Crippen MR) is 121 cm³/mol. The highest BCUT2D eigenvalue weighted by atomic mass is 16.2. The molecule has 5 rings (SSSR count). The SMILES string of the molecule is CN1CCC(N(C)[C@H]2C[C@H]3C(=O)NC4(CCN(CC5CCC5)CC4)CC(=O)N3C2)CC1. The molecular weight excluding hydrogens is 390 g/mol. The number of carbonyl (C=O) groups excluding carboxylic acids is 2. The fraction of sp³-hybridized carbons (Fsp3) is 0.917. The minimum absolute atomic E-state index is 0.0950. The van der Waals surface area contributed by atoms with Gasteiger partial charge in [-0.2, -0.15) is 0 Å². The summed E-state index contributed by atoms with van der Waals surface area (Å²) in [4.78, 5) is 35.9. The molecule has 7 heteroatoms. The number of hydrogen-bond donors (Lipinski definition) is 1. The maximum atomic E-state index is 13.3. The highest BCUT2D eigenvalue weighted by Crippen LogP contribution is 2.35. The van der Waals surface area contributed by atoms with Crippen LogP contribution < -0.4 is 5.32 Å². The zero-order valence-electron chi connectivity index (χ0n) is 19.5. The first-order valence-corrected chi connectivity index (χ1v) is 12.7. The van der Waals surface area contributed by atoms with E-state index in [0.29, 0.717) is 25.0 Å². The summed E-state index contributed by atoms with van der Waals surface area (Å²) >= 11 is 0. The normalized spacial score (nSPS) is 33.5. The molecule has 4 aliphatic heterocycles. The maximum Gasteiger partial charge on any atom is 0.243 e. The summed E-state index contributed by atoms with van der Waals surface area (Å²) in [6.45, 7) is 6.21. The predicted octanol–water partition coefficient (Wildman–Crippen LogP) is 1.14. The lowest BCUT2D eigenvalue weighted by molar-refractivity contribution is -0.135. The number of carbonyl (C=O) groups is 2. The highest BCUT2D eigenvalue weighted by molar-refractivity contribution is 5.92. The van der Waals surface area contributed by atoms with E-state index in [-0.39, 0.29) is 23.4 Å². The number of amides is 2. The summed E-state index contributed by atoms with van der Waals surface area (Å²) in [5.74, 6) is 1.16. The van der Waals surface area contributed by atoms with Crippen molar-refractivity contribution < 1.29 is 9.59 Å². The Bertz CT molecular complexity index is 651. The highest BCUT2D eigenvalue weighted by Gasteiger charge is 2.50. The molecule has 0 aromatic carbocycles. The fourth-order valence-corrected chi connectivity index (χ4v) is 6.62. The van der Waals surface area contributed by atoms with Gasteiger partial charge in [-0.15, -0.1) is 0 Å². The molecule has 4 saturated heterocycles. The van der Waals surface area contributed by atoms with Crippen LogP contribution in [0.4, 0.5) is 0 Å². The molecule has 4 heterocycles. The number of nitrogens with zero attached hydrogens (tertiary/aromatic N) is 4. The number of likely N-dealkylation sites (tertiary alicyclic amines) is 2. The molecule has 1 N–H and O–H groups in total. The molecule has 0 aromatic heterocycles. The summed E-state index contributed by atoms with van der Waals surface area (Å²) in [5, 5.41) is 3.39. The Kier molecular flexibility index (Phi) is 6.03. The molecule has 1 saturated carbocycles. The van der Waals surface area contributed by atoms with Crippen LogP contribution in [-0.4, -0.2) is 108 Å². The Morgan fingerprint density at radius 2 is 1.74 bits per heavy atom. The number of hydrogen-bond acceptors (Lipinski definition) is 5. The Hall–Kier alpha value is -1.18. The van der Waals surface area contributed by atoms with Gasteiger partial charge < -0.3 is 20.0 Å². The van der Waals surface area contributed by atoms with E-state index < -0.39 is 0 Å². The van der Waals surface area contributed by atoms with Crippen LogP contribution in [0.5, 0.6) is 0 Å². The van der Waals surface area contributed by atoms with Crippen LogP contribution in [0.25, 0.3) is 0 Å². The van der Waals surface area contributed by atoms with Crippen LogP contribution in [0.1, 0.15) is 57.8 Å². The molecule has 7 nitrogen and oxygen atoms in total. The molecule has 5 aliphatic rings. The lowest BCUT2D eigenvalue weighted by atomic mass is 9.81. The summed E-state index contributed by atoms with van der Waals surface area (Å²) in [6, 6.07) is 0.583. The maximum absolute atomic E-state index is 13.3. The third kappa shape index (κ3) is 4.38. The molecule has 0 radical (unpaired) electrons. The van der Waals surface area contributed by atoms with Crippen molar-refractivity contribution in [2.24, 2.45) is 5.92 Å². The van der Waals surface area contributed by atoms with Crippen LogP contribution in [-0.2, 0) is 9.59 Å². The van der Waals surface area contributed by atoms with Crippen molar-refractivity contribution in [3.63, 3.8) is 0 Å². The lowest BCUT2D eigenvalue weighted by Gasteiger charge is -2.43. The molecule has 1 aliphatic carbocycles. The van der Waals surface area contributed by atoms with Gasteiger partial charge in [-0.3, -0.25) is 14.5 Å². The average molecular weight is 432 g/mol. The van der Waals surface area contributed by atoms with E-state index in [4.69, 9.17) is 0 Å². The Morgan fingerprint density at radius 1 is 1.03 bits per heavy atom. The van der Waals surface area contributed by atoms with E-state index in [1.807, 2.05) is 4.90 Å². The minimum Gasteiger partial charge on any atom is -0.348 e. The van der Waals surface area contributed by atoms with Gasteiger partial charge in [0, 0.05) is 38.3 Å². The lowest BCUT2D eigenvalue weighted by Crippen LogP contribution is -2.57. The van der Waals surface area contributed by atoms with E-state index in [2.05, 4.69) is 34.1 Å². The topological polar surface area (TPSA) is 59.1 Å². The zero-order valence-corrected chi connectivity index (χ0v) is 19.5. The number of piperidine rings is 2. The molecule has 2 amide bonds. The van der Waals surface area contributed by atoms with Crippen LogP contribution in [0, 0.1) is 5.92 Å². The van der Waals surface area contributed by atoms with Crippen molar-refractivity contribution in [2.75, 3.05) is 53.4 Å². The van der Waals surface area contributed by atoms with Crippen molar-refractivity contribution in [2.45, 2.75) is 81.5 Å². The van der Waals surface area contributed by atoms with Gasteiger partial charge in [0.1, 0.15) is 6.04 Å². The Labute approximate surface area is 187 Å². The van der Waals surface area contributed by atoms with Gasteiger partial charge in [0.25, 0.3) is 0 Å². The van der Waals surface area contributed by atoms with Crippen LogP contribution in [0.2, 0.25) is 0 Å². The largest absolute Gasteiger partial charge is 0.348 e. The smallest absolute Gasteiger partial charge is 0.243 e. The molecular formula is C24H41N5O2. The van der Waals surface area contributed by atoms with Gasteiger partial charge in [0.15, 0.2) is 0 Å². The first kappa shape index (κ1) is 21.7. The first-order chi connectivity index (χ1) is 14.9. The second-order valence-electron chi connectivity index (χ2n) is 11.2. The third-order valence-electron chi connectivity index (χ3n) is 9.17. The molecule has 1 spiro atoms. The van der Waals surface area contributed by atoms with Crippen LogP contribution >= 0.6 is 0 Å². The second kappa shape index (κ2) is 8.64. The van der Waals surface area contributed by atoms with Crippen molar-refractivity contribution in [1.29, 1.82) is 0 Å². The van der Waals surface area contributed by atoms with Gasteiger partial charge >= 0.3 is 0 Å². The van der Waals surface area contributed by atoms with Gasteiger partial charge in [-0.05, 0) is 78.0 Å². The summed E-state index contributed by atoms with van der Waals surface area (Å²) in [6.07, 6.45) is 9.58. The number of nitrogens with one attached hydrogen (secondary N) is 1. The van der Waals surface area contributed by atoms with E-state index in [1.165, 1.54) is 38.6 Å². The minimum atomic E-state index is -0.316. The molecule has 174 valence electrons. The fourth-order valence-electron chi connectivity index (χ4n) is 6.62. The average Bonchev–Trinajstić information content (AvgIpc) is 3.15. The standard InChI is InChI=1S/C24H41N5O2/c1-26-10-6-19(7-11-26)27(2)20-14-21-23(31)25-24(15-22(30)29(21)17-20)8-12-28(13-9-24)16-18-4-3-5-18/h18-21H,3-17H2,1-2H3,(H,25,31)/t20-,21-/m0/s1. The quantitative estimate of drug-likeness (QED) is 0.723.